The molecule has 1 aromatic rings. The second-order valence-electron chi connectivity index (χ2n) is 4.71. The van der Waals surface area contributed by atoms with Gasteiger partial charge >= 0.3 is 0 Å². The summed E-state index contributed by atoms with van der Waals surface area (Å²) in [5.74, 6) is 5.35. The number of anilines is 1. The van der Waals surface area contributed by atoms with Crippen molar-refractivity contribution < 1.29 is 8.42 Å². The molecule has 1 saturated carbocycles. The topological polar surface area (TPSA) is 84.2 Å². The van der Waals surface area contributed by atoms with Crippen LogP contribution in [0.15, 0.2) is 29.2 Å². The Labute approximate surface area is 118 Å². The molecule has 0 unspecified atom stereocenters. The average molecular weight is 301 g/mol. The lowest BCUT2D eigenvalue weighted by molar-refractivity contribution is 0.362. The molecule has 0 radical (unpaired) electrons. The highest BCUT2D eigenvalue weighted by Crippen LogP contribution is 2.42. The molecule has 0 aliphatic heterocycles. The molecule has 1 aliphatic carbocycles. The molecule has 5 nitrogen and oxygen atoms in total. The maximum absolute atomic E-state index is 12.3. The minimum atomic E-state index is -3.53. The van der Waals surface area contributed by atoms with Crippen LogP contribution in [0.1, 0.15) is 19.3 Å². The maximum Gasteiger partial charge on any atom is 0.242 e. The predicted octanol–water partition coefficient (Wildman–Crippen LogP) is 1.54. The van der Waals surface area contributed by atoms with E-state index in [0.29, 0.717) is 12.2 Å². The fourth-order valence-electron chi connectivity index (χ4n) is 2.15. The van der Waals surface area contributed by atoms with E-state index in [1.54, 1.807) is 36.0 Å². The van der Waals surface area contributed by atoms with Gasteiger partial charge in [-0.15, -0.1) is 0 Å². The van der Waals surface area contributed by atoms with E-state index in [4.69, 9.17) is 5.84 Å². The van der Waals surface area contributed by atoms with Gasteiger partial charge in [-0.05, 0) is 31.2 Å². The smallest absolute Gasteiger partial charge is 0.242 e. The van der Waals surface area contributed by atoms with Crippen molar-refractivity contribution in [2.24, 2.45) is 5.84 Å². The van der Waals surface area contributed by atoms with Crippen LogP contribution in [0.2, 0.25) is 0 Å². The first kappa shape index (κ1) is 14.6. The minimum Gasteiger partial charge on any atom is -0.323 e. The van der Waals surface area contributed by atoms with Crippen molar-refractivity contribution >= 4 is 27.5 Å². The Morgan fingerprint density at radius 1 is 1.37 bits per heavy atom. The zero-order chi connectivity index (χ0) is 13.9. The summed E-state index contributed by atoms with van der Waals surface area (Å²) in [5.41, 5.74) is 2.82. The van der Waals surface area contributed by atoms with Gasteiger partial charge in [0.25, 0.3) is 0 Å². The van der Waals surface area contributed by atoms with Crippen molar-refractivity contribution in [2.45, 2.75) is 28.9 Å². The summed E-state index contributed by atoms with van der Waals surface area (Å²) in [6, 6.07) is 6.61. The van der Waals surface area contributed by atoms with Crippen molar-refractivity contribution in [3.63, 3.8) is 0 Å². The molecule has 0 atom stereocenters. The number of thioether (sulfide) groups is 1. The molecular weight excluding hydrogens is 282 g/mol. The fourth-order valence-corrected chi connectivity index (χ4v) is 4.45. The van der Waals surface area contributed by atoms with Crippen LogP contribution in [0.3, 0.4) is 0 Å². The molecule has 1 aromatic carbocycles. The van der Waals surface area contributed by atoms with Crippen LogP contribution >= 0.6 is 11.8 Å². The summed E-state index contributed by atoms with van der Waals surface area (Å²) in [4.78, 5) is 0.188. The van der Waals surface area contributed by atoms with Gasteiger partial charge in [-0.25, -0.2) is 13.1 Å². The van der Waals surface area contributed by atoms with E-state index >= 15 is 0 Å². The molecule has 2 rings (SSSR count). The summed E-state index contributed by atoms with van der Waals surface area (Å²) in [6.45, 7) is 0.468. The summed E-state index contributed by atoms with van der Waals surface area (Å²) >= 11 is 1.74. The number of para-hydroxylation sites is 1. The largest absolute Gasteiger partial charge is 0.323 e. The molecular formula is C12H19N3O2S2. The second kappa shape index (κ2) is 5.70. The van der Waals surface area contributed by atoms with E-state index in [1.165, 1.54) is 6.42 Å². The number of rotatable bonds is 6. The highest BCUT2D eigenvalue weighted by molar-refractivity contribution is 8.00. The van der Waals surface area contributed by atoms with Gasteiger partial charge in [0.1, 0.15) is 4.90 Å². The maximum atomic E-state index is 12.3. The van der Waals surface area contributed by atoms with Gasteiger partial charge in [-0.1, -0.05) is 18.6 Å². The van der Waals surface area contributed by atoms with Gasteiger partial charge in [0.05, 0.1) is 5.69 Å². The van der Waals surface area contributed by atoms with Crippen LogP contribution in [0.4, 0.5) is 5.69 Å². The van der Waals surface area contributed by atoms with Gasteiger partial charge in [-0.3, -0.25) is 5.84 Å². The molecule has 0 amide bonds. The molecule has 4 N–H and O–H groups in total. The lowest BCUT2D eigenvalue weighted by Crippen LogP contribution is -2.45. The van der Waals surface area contributed by atoms with Gasteiger partial charge in [0.2, 0.25) is 10.0 Å². The molecule has 0 saturated heterocycles. The van der Waals surface area contributed by atoms with Crippen molar-refractivity contribution in [1.82, 2.24) is 4.72 Å². The lowest BCUT2D eigenvalue weighted by Gasteiger charge is -2.40. The Morgan fingerprint density at radius 3 is 2.58 bits per heavy atom. The number of sulfonamides is 1. The van der Waals surface area contributed by atoms with E-state index in [0.717, 1.165) is 12.8 Å². The number of nitrogen functional groups attached to an aromatic ring is 1. The highest BCUT2D eigenvalue weighted by atomic mass is 32.2. The third-order valence-electron chi connectivity index (χ3n) is 3.61. The molecule has 0 spiro atoms. The Morgan fingerprint density at radius 2 is 2.05 bits per heavy atom. The minimum absolute atomic E-state index is 0.0676. The summed E-state index contributed by atoms with van der Waals surface area (Å²) in [6.07, 6.45) is 5.33. The quantitative estimate of drug-likeness (QED) is 0.548. The Balaban J connectivity index is 2.14. The molecule has 0 heterocycles. The van der Waals surface area contributed by atoms with E-state index in [9.17, 15) is 8.42 Å². The summed E-state index contributed by atoms with van der Waals surface area (Å²) < 4.78 is 27.4. The van der Waals surface area contributed by atoms with E-state index in [-0.39, 0.29) is 9.64 Å². The second-order valence-corrected chi connectivity index (χ2v) is 7.72. The number of benzene rings is 1. The molecule has 106 valence electrons. The van der Waals surface area contributed by atoms with Gasteiger partial charge in [0.15, 0.2) is 0 Å². The first-order chi connectivity index (χ1) is 9.03. The third-order valence-corrected chi connectivity index (χ3v) is 6.49. The van der Waals surface area contributed by atoms with Gasteiger partial charge in [-0.2, -0.15) is 11.8 Å². The predicted molar refractivity (Wildman–Crippen MR) is 79.5 cm³/mol. The monoisotopic (exact) mass is 301 g/mol. The summed E-state index contributed by atoms with van der Waals surface area (Å²) in [5, 5.41) is 0. The van der Waals surface area contributed by atoms with Gasteiger partial charge in [0, 0.05) is 11.3 Å². The molecule has 0 aromatic heterocycles. The summed E-state index contributed by atoms with van der Waals surface area (Å²) in [7, 11) is -3.53. The van der Waals surface area contributed by atoms with Crippen molar-refractivity contribution in [1.29, 1.82) is 0 Å². The van der Waals surface area contributed by atoms with Crippen LogP contribution in [-0.4, -0.2) is 26.0 Å². The van der Waals surface area contributed by atoms with Crippen LogP contribution in [0.25, 0.3) is 0 Å². The molecule has 1 aliphatic rings. The van der Waals surface area contributed by atoms with E-state index in [2.05, 4.69) is 10.1 Å². The number of nitrogens with one attached hydrogen (secondary N) is 2. The molecule has 19 heavy (non-hydrogen) atoms. The third kappa shape index (κ3) is 3.05. The molecule has 0 bridgehead atoms. The highest BCUT2D eigenvalue weighted by Gasteiger charge is 2.37. The zero-order valence-electron chi connectivity index (χ0n) is 10.8. The van der Waals surface area contributed by atoms with Crippen molar-refractivity contribution in [3.8, 4) is 0 Å². The molecule has 7 heteroatoms. The van der Waals surface area contributed by atoms with E-state index < -0.39 is 10.0 Å². The van der Waals surface area contributed by atoms with Crippen LogP contribution in [0, 0.1) is 0 Å². The van der Waals surface area contributed by atoms with Crippen molar-refractivity contribution in [3.05, 3.63) is 24.3 Å². The number of hydrogen-bond acceptors (Lipinski definition) is 5. The van der Waals surface area contributed by atoms with Crippen LogP contribution in [-0.2, 0) is 10.0 Å². The lowest BCUT2D eigenvalue weighted by atomic mass is 9.84. The zero-order valence-corrected chi connectivity index (χ0v) is 12.5. The van der Waals surface area contributed by atoms with Gasteiger partial charge < -0.3 is 5.43 Å². The average Bonchev–Trinajstić information content (AvgIpc) is 2.38. The van der Waals surface area contributed by atoms with Crippen LogP contribution < -0.4 is 16.0 Å². The standard InChI is InChI=1S/C12H19N3O2S2/c1-18-12(7-4-8-12)9-14-19(16,17)11-6-3-2-5-10(11)15-13/h2-3,5-6,14-15H,4,7-9,13H2,1H3. The van der Waals surface area contributed by atoms with Crippen LogP contribution in [0.5, 0.6) is 0 Å². The first-order valence-electron chi connectivity index (χ1n) is 6.13. The Bertz CT molecular complexity index is 536. The SMILES string of the molecule is CSC1(CNS(=O)(=O)c2ccccc2NN)CCC1. The Hall–Kier alpha value is -0.760. The van der Waals surface area contributed by atoms with E-state index in [1.807, 2.05) is 6.26 Å². The number of nitrogens with two attached hydrogens (primary N) is 1. The first-order valence-corrected chi connectivity index (χ1v) is 8.84. The number of hydrazine groups is 1. The number of hydrogen-bond donors (Lipinski definition) is 3. The molecule has 1 fully saturated rings. The normalized spacial score (nSPS) is 17.8. The van der Waals surface area contributed by atoms with Crippen molar-refractivity contribution in [2.75, 3.05) is 18.2 Å². The fraction of sp³-hybridized carbons (Fsp3) is 0.500. The Kier molecular flexibility index (Phi) is 4.39.